The second-order valence-corrected chi connectivity index (χ2v) is 10.6. The van der Waals surface area contributed by atoms with Gasteiger partial charge in [0.15, 0.2) is 0 Å². The highest BCUT2D eigenvalue weighted by Crippen LogP contribution is 2.38. The topological polar surface area (TPSA) is 37.2 Å². The number of nitrogens with one attached hydrogen (secondary N) is 2. The highest BCUT2D eigenvalue weighted by Gasteiger charge is 2.29. The van der Waals surface area contributed by atoms with E-state index in [1.165, 1.54) is 50.0 Å². The third-order valence-electron chi connectivity index (χ3n) is 8.17. The van der Waals surface area contributed by atoms with E-state index < -0.39 is 0 Å². The summed E-state index contributed by atoms with van der Waals surface area (Å²) >= 11 is 0. The second-order valence-electron chi connectivity index (χ2n) is 10.6. The number of allylic oxidation sites excluding steroid dienone is 2. The van der Waals surface area contributed by atoms with Gasteiger partial charge in [-0.3, -0.25) is 5.32 Å². The van der Waals surface area contributed by atoms with Crippen molar-refractivity contribution in [3.63, 3.8) is 0 Å². The quantitative estimate of drug-likeness (QED) is 0.240. The molecular formula is C38H28N2O. The molecule has 196 valence electrons. The monoisotopic (exact) mass is 528 g/mol. The number of furan rings is 1. The van der Waals surface area contributed by atoms with E-state index in [-0.39, 0.29) is 12.2 Å². The molecule has 1 aliphatic carbocycles. The van der Waals surface area contributed by atoms with Crippen LogP contribution in [-0.4, -0.2) is 6.04 Å². The number of benzene rings is 5. The van der Waals surface area contributed by atoms with E-state index in [1.807, 2.05) is 18.2 Å². The Balaban J connectivity index is 1.18. The van der Waals surface area contributed by atoms with Gasteiger partial charge in [-0.25, -0.2) is 0 Å². The van der Waals surface area contributed by atoms with Crippen LogP contribution in [0.3, 0.4) is 0 Å². The van der Waals surface area contributed by atoms with E-state index in [0.717, 1.165) is 16.6 Å². The highest BCUT2D eigenvalue weighted by atomic mass is 16.3. The molecule has 1 aliphatic heterocycles. The fourth-order valence-corrected chi connectivity index (χ4v) is 6.15. The molecule has 2 unspecified atom stereocenters. The first-order valence-electron chi connectivity index (χ1n) is 14.1. The molecule has 0 saturated carbocycles. The Morgan fingerprint density at radius 2 is 1.29 bits per heavy atom. The summed E-state index contributed by atoms with van der Waals surface area (Å²) in [4.78, 5) is 0. The predicted octanol–water partition coefficient (Wildman–Crippen LogP) is 8.88. The molecule has 5 aromatic carbocycles. The number of para-hydroxylation sites is 1. The van der Waals surface area contributed by atoms with Crippen molar-refractivity contribution in [1.29, 1.82) is 0 Å². The molecule has 2 N–H and O–H groups in total. The van der Waals surface area contributed by atoms with E-state index in [4.69, 9.17) is 4.42 Å². The number of fused-ring (bicyclic) bond motifs is 4. The van der Waals surface area contributed by atoms with Crippen LogP contribution < -0.4 is 10.6 Å². The summed E-state index contributed by atoms with van der Waals surface area (Å²) in [6.45, 7) is 0. The van der Waals surface area contributed by atoms with Crippen LogP contribution in [0.4, 0.5) is 0 Å². The van der Waals surface area contributed by atoms with Crippen molar-refractivity contribution >= 4 is 33.2 Å². The zero-order chi connectivity index (χ0) is 27.2. The van der Waals surface area contributed by atoms with Crippen molar-refractivity contribution in [2.75, 3.05) is 0 Å². The van der Waals surface area contributed by atoms with E-state index in [0.29, 0.717) is 0 Å². The summed E-state index contributed by atoms with van der Waals surface area (Å²) in [5.41, 5.74) is 11.4. The lowest BCUT2D eigenvalue weighted by Gasteiger charge is -2.36. The van der Waals surface area contributed by atoms with Gasteiger partial charge in [-0.15, -0.1) is 0 Å². The van der Waals surface area contributed by atoms with Gasteiger partial charge in [0.2, 0.25) is 0 Å². The largest absolute Gasteiger partial charge is 0.456 e. The first-order chi connectivity index (χ1) is 20.3. The van der Waals surface area contributed by atoms with Crippen LogP contribution in [-0.2, 0) is 0 Å². The third-order valence-corrected chi connectivity index (χ3v) is 8.17. The van der Waals surface area contributed by atoms with E-state index in [2.05, 4.69) is 138 Å². The van der Waals surface area contributed by atoms with Gasteiger partial charge in [0.1, 0.15) is 17.3 Å². The Kier molecular flexibility index (Phi) is 5.68. The molecule has 2 heterocycles. The van der Waals surface area contributed by atoms with Crippen molar-refractivity contribution in [3.8, 4) is 11.1 Å². The molecule has 1 aromatic heterocycles. The van der Waals surface area contributed by atoms with Crippen LogP contribution in [0.2, 0.25) is 0 Å². The molecule has 8 rings (SSSR count). The maximum atomic E-state index is 6.13. The minimum Gasteiger partial charge on any atom is -0.456 e. The van der Waals surface area contributed by atoms with Gasteiger partial charge in [0, 0.05) is 16.5 Å². The molecule has 2 atom stereocenters. The maximum Gasteiger partial charge on any atom is 0.136 e. The molecule has 0 bridgehead atoms. The second kappa shape index (κ2) is 9.81. The van der Waals surface area contributed by atoms with Gasteiger partial charge in [-0.05, 0) is 57.2 Å². The average Bonchev–Trinajstić information content (AvgIpc) is 3.44. The molecule has 3 nitrogen and oxygen atoms in total. The summed E-state index contributed by atoms with van der Waals surface area (Å²) in [6, 6.07) is 44.8. The van der Waals surface area contributed by atoms with Crippen molar-refractivity contribution in [3.05, 3.63) is 168 Å². The van der Waals surface area contributed by atoms with Crippen LogP contribution in [0.1, 0.15) is 22.9 Å². The van der Waals surface area contributed by atoms with E-state index in [1.54, 1.807) is 0 Å². The van der Waals surface area contributed by atoms with Gasteiger partial charge < -0.3 is 9.73 Å². The minimum atomic E-state index is 0.0285. The van der Waals surface area contributed by atoms with Gasteiger partial charge >= 0.3 is 0 Å². The Hall–Kier alpha value is -5.12. The first-order valence-corrected chi connectivity index (χ1v) is 14.1. The van der Waals surface area contributed by atoms with Crippen LogP contribution in [0.25, 0.3) is 44.3 Å². The number of rotatable bonds is 4. The standard InChI is InChI=1S/C38H28N2O/c1-3-10-27(11-4-1)37-32-24-29(22-23-33(32)39-38(40-37)28-12-5-2-6-13-28)25-18-20-26(21-19-25)30-15-9-17-35-36(30)31-14-7-8-16-34(31)41-35/h1-24,33,38-40H. The molecule has 0 radical (unpaired) electrons. The molecule has 2 aliphatic rings. The summed E-state index contributed by atoms with van der Waals surface area (Å²) in [6.07, 6.45) is 6.89. The van der Waals surface area contributed by atoms with Crippen LogP contribution in [0.15, 0.2) is 156 Å². The minimum absolute atomic E-state index is 0.0285. The van der Waals surface area contributed by atoms with Crippen molar-refractivity contribution in [1.82, 2.24) is 10.6 Å². The third kappa shape index (κ3) is 4.19. The van der Waals surface area contributed by atoms with Crippen molar-refractivity contribution in [2.24, 2.45) is 0 Å². The Labute approximate surface area is 239 Å². The predicted molar refractivity (Wildman–Crippen MR) is 169 cm³/mol. The van der Waals surface area contributed by atoms with Crippen molar-refractivity contribution < 1.29 is 4.42 Å². The molecule has 0 spiro atoms. The zero-order valence-electron chi connectivity index (χ0n) is 22.4. The fraction of sp³-hybridized carbons (Fsp3) is 0.0526. The molecule has 0 amide bonds. The molecule has 3 heteroatoms. The summed E-state index contributed by atoms with van der Waals surface area (Å²) in [5.74, 6) is 0. The normalized spacial score (nSPS) is 18.3. The zero-order valence-corrected chi connectivity index (χ0v) is 22.4. The lowest BCUT2D eigenvalue weighted by Crippen LogP contribution is -2.46. The van der Waals surface area contributed by atoms with Gasteiger partial charge in [-0.1, -0.05) is 127 Å². The van der Waals surface area contributed by atoms with Crippen molar-refractivity contribution in [2.45, 2.75) is 12.2 Å². The summed E-state index contributed by atoms with van der Waals surface area (Å²) in [7, 11) is 0. The molecule has 41 heavy (non-hydrogen) atoms. The fourth-order valence-electron chi connectivity index (χ4n) is 6.15. The highest BCUT2D eigenvalue weighted by molar-refractivity contribution is 6.12. The molecule has 6 aromatic rings. The molecular weight excluding hydrogens is 500 g/mol. The SMILES string of the molecule is C1=CC2NC(c3ccccc3)NC(c3ccccc3)=C2C=C1c1ccc(-c2cccc3oc4ccccc4c23)cc1. The number of hydrogen-bond donors (Lipinski definition) is 2. The smallest absolute Gasteiger partial charge is 0.136 e. The summed E-state index contributed by atoms with van der Waals surface area (Å²) in [5, 5.41) is 9.91. The van der Waals surface area contributed by atoms with Gasteiger partial charge in [-0.2, -0.15) is 0 Å². The van der Waals surface area contributed by atoms with Gasteiger partial charge in [0.25, 0.3) is 0 Å². The van der Waals surface area contributed by atoms with E-state index in [9.17, 15) is 0 Å². The Morgan fingerprint density at radius 1 is 0.585 bits per heavy atom. The van der Waals surface area contributed by atoms with Crippen LogP contribution in [0, 0.1) is 0 Å². The average molecular weight is 529 g/mol. The van der Waals surface area contributed by atoms with Gasteiger partial charge in [0.05, 0.1) is 6.04 Å². The van der Waals surface area contributed by atoms with Crippen LogP contribution >= 0.6 is 0 Å². The lowest BCUT2D eigenvalue weighted by molar-refractivity contribution is 0.460. The van der Waals surface area contributed by atoms with E-state index >= 15 is 0 Å². The lowest BCUT2D eigenvalue weighted by atomic mass is 9.87. The number of hydrogen-bond acceptors (Lipinski definition) is 3. The Morgan fingerprint density at radius 3 is 2.12 bits per heavy atom. The van der Waals surface area contributed by atoms with Crippen LogP contribution in [0.5, 0.6) is 0 Å². The maximum absolute atomic E-state index is 6.13. The molecule has 0 saturated heterocycles. The first kappa shape index (κ1) is 23.7. The Bertz CT molecular complexity index is 1980. The summed E-state index contributed by atoms with van der Waals surface area (Å²) < 4.78 is 6.13. The molecule has 0 fully saturated rings.